The third-order valence-corrected chi connectivity index (χ3v) is 4.52. The molecule has 0 aliphatic carbocycles. The van der Waals surface area contributed by atoms with Crippen LogP contribution in [0.3, 0.4) is 0 Å². The molecule has 3 amide bonds. The second kappa shape index (κ2) is 5.98. The minimum absolute atomic E-state index is 0.0461. The van der Waals surface area contributed by atoms with Crippen molar-refractivity contribution in [2.45, 2.75) is 19.0 Å². The van der Waals surface area contributed by atoms with Crippen LogP contribution in [0.1, 0.15) is 18.1 Å². The number of halogens is 3. The minimum atomic E-state index is -1.64. The van der Waals surface area contributed by atoms with Crippen LogP contribution in [0.5, 0.6) is 0 Å². The summed E-state index contributed by atoms with van der Waals surface area (Å²) >= 11 is 3.31. The van der Waals surface area contributed by atoms with E-state index in [1.807, 2.05) is 0 Å². The normalized spacial score (nSPS) is 20.4. The molecule has 1 atom stereocenters. The van der Waals surface area contributed by atoms with Gasteiger partial charge in [0.05, 0.1) is 6.54 Å². The molecule has 2 aromatic rings. The maximum absolute atomic E-state index is 14.1. The Morgan fingerprint density at radius 1 is 1.12 bits per heavy atom. The highest BCUT2D eigenvalue weighted by Gasteiger charge is 2.50. The van der Waals surface area contributed by atoms with E-state index in [1.54, 1.807) is 24.3 Å². The van der Waals surface area contributed by atoms with Gasteiger partial charge in [-0.3, -0.25) is 9.69 Å². The molecule has 0 spiro atoms. The lowest BCUT2D eigenvalue weighted by Crippen LogP contribution is -2.41. The number of carbonyl (C=O) groups is 2. The summed E-state index contributed by atoms with van der Waals surface area (Å²) in [7, 11) is 0. The van der Waals surface area contributed by atoms with E-state index >= 15 is 0 Å². The Labute approximate surface area is 145 Å². The van der Waals surface area contributed by atoms with Gasteiger partial charge in [-0.25, -0.2) is 13.6 Å². The van der Waals surface area contributed by atoms with Gasteiger partial charge in [0.15, 0.2) is 0 Å². The predicted octanol–water partition coefficient (Wildman–Crippen LogP) is 3.69. The van der Waals surface area contributed by atoms with Crippen LogP contribution in [0.25, 0.3) is 0 Å². The zero-order valence-electron chi connectivity index (χ0n) is 12.6. The summed E-state index contributed by atoms with van der Waals surface area (Å²) in [6.45, 7) is 1.41. The summed E-state index contributed by atoms with van der Waals surface area (Å²) in [5.74, 6) is -2.06. The van der Waals surface area contributed by atoms with E-state index in [2.05, 4.69) is 21.2 Å². The lowest BCUT2D eigenvalue weighted by atomic mass is 9.91. The molecule has 124 valence electrons. The molecule has 1 aliphatic rings. The highest BCUT2D eigenvalue weighted by molar-refractivity contribution is 9.10. The van der Waals surface area contributed by atoms with Gasteiger partial charge in [0.2, 0.25) is 0 Å². The zero-order chi connectivity index (χ0) is 17.5. The van der Waals surface area contributed by atoms with Gasteiger partial charge in [-0.05, 0) is 42.8 Å². The zero-order valence-corrected chi connectivity index (χ0v) is 14.2. The van der Waals surface area contributed by atoms with Crippen molar-refractivity contribution in [2.75, 3.05) is 0 Å². The SMILES string of the molecule is C[C@@]1(c2cc(F)ccc2F)NC(=O)N(Cc2ccc(Br)cc2)C1=O. The predicted molar refractivity (Wildman–Crippen MR) is 86.9 cm³/mol. The average molecular weight is 395 g/mol. The summed E-state index contributed by atoms with van der Waals surface area (Å²) in [5, 5.41) is 2.47. The van der Waals surface area contributed by atoms with Crippen molar-refractivity contribution in [1.82, 2.24) is 10.2 Å². The van der Waals surface area contributed by atoms with Crippen molar-refractivity contribution < 1.29 is 18.4 Å². The van der Waals surface area contributed by atoms with Gasteiger partial charge in [-0.2, -0.15) is 0 Å². The van der Waals surface area contributed by atoms with Crippen LogP contribution in [0.2, 0.25) is 0 Å². The molecule has 0 saturated carbocycles. The fraction of sp³-hybridized carbons (Fsp3) is 0.176. The Bertz CT molecular complexity index is 826. The summed E-state index contributed by atoms with van der Waals surface area (Å²) in [6.07, 6.45) is 0. The van der Waals surface area contributed by atoms with E-state index in [1.165, 1.54) is 6.92 Å². The van der Waals surface area contributed by atoms with E-state index in [0.29, 0.717) is 0 Å². The Morgan fingerprint density at radius 2 is 1.79 bits per heavy atom. The lowest BCUT2D eigenvalue weighted by Gasteiger charge is -2.22. The highest BCUT2D eigenvalue weighted by atomic mass is 79.9. The third-order valence-electron chi connectivity index (χ3n) is 4.00. The van der Waals surface area contributed by atoms with Crippen LogP contribution in [0.4, 0.5) is 13.6 Å². The average Bonchev–Trinajstić information content (AvgIpc) is 2.76. The molecular weight excluding hydrogens is 382 g/mol. The summed E-state index contributed by atoms with van der Waals surface area (Å²) < 4.78 is 28.4. The molecule has 0 aromatic heterocycles. The molecule has 1 saturated heterocycles. The molecule has 1 fully saturated rings. The molecule has 0 bridgehead atoms. The number of hydrogen-bond donors (Lipinski definition) is 1. The van der Waals surface area contributed by atoms with Crippen LogP contribution in [0, 0.1) is 11.6 Å². The second-order valence-electron chi connectivity index (χ2n) is 5.70. The number of imide groups is 1. The Balaban J connectivity index is 1.93. The minimum Gasteiger partial charge on any atom is -0.319 e. The molecule has 7 heteroatoms. The van der Waals surface area contributed by atoms with Crippen LogP contribution in [-0.4, -0.2) is 16.8 Å². The Kier molecular flexibility index (Phi) is 4.13. The number of hydrogen-bond acceptors (Lipinski definition) is 2. The molecule has 1 heterocycles. The molecule has 1 aliphatic heterocycles. The Morgan fingerprint density at radius 3 is 2.46 bits per heavy atom. The van der Waals surface area contributed by atoms with E-state index < -0.39 is 29.1 Å². The molecule has 0 radical (unpaired) electrons. The number of amides is 3. The van der Waals surface area contributed by atoms with Crippen molar-refractivity contribution in [3.05, 3.63) is 69.7 Å². The van der Waals surface area contributed by atoms with Gasteiger partial charge < -0.3 is 5.32 Å². The van der Waals surface area contributed by atoms with Gasteiger partial charge in [-0.15, -0.1) is 0 Å². The van der Waals surface area contributed by atoms with Crippen LogP contribution >= 0.6 is 15.9 Å². The number of rotatable bonds is 3. The fourth-order valence-corrected chi connectivity index (χ4v) is 2.94. The first-order chi connectivity index (χ1) is 11.3. The monoisotopic (exact) mass is 394 g/mol. The Hall–Kier alpha value is -2.28. The first-order valence-electron chi connectivity index (χ1n) is 7.15. The van der Waals surface area contributed by atoms with Crippen molar-refractivity contribution in [3.8, 4) is 0 Å². The molecule has 24 heavy (non-hydrogen) atoms. The quantitative estimate of drug-likeness (QED) is 0.806. The number of benzene rings is 2. The van der Waals surface area contributed by atoms with E-state index in [-0.39, 0.29) is 12.1 Å². The molecular formula is C17H13BrF2N2O2. The number of carbonyl (C=O) groups excluding carboxylic acids is 2. The van der Waals surface area contributed by atoms with E-state index in [0.717, 1.165) is 33.1 Å². The van der Waals surface area contributed by atoms with Crippen molar-refractivity contribution in [1.29, 1.82) is 0 Å². The molecule has 0 unspecified atom stereocenters. The van der Waals surface area contributed by atoms with Crippen molar-refractivity contribution in [3.63, 3.8) is 0 Å². The van der Waals surface area contributed by atoms with E-state index in [9.17, 15) is 18.4 Å². The first-order valence-corrected chi connectivity index (χ1v) is 7.94. The van der Waals surface area contributed by atoms with Gasteiger partial charge in [0.25, 0.3) is 5.91 Å². The van der Waals surface area contributed by atoms with Crippen LogP contribution in [-0.2, 0) is 16.9 Å². The van der Waals surface area contributed by atoms with Gasteiger partial charge in [0, 0.05) is 10.0 Å². The topological polar surface area (TPSA) is 49.4 Å². The van der Waals surface area contributed by atoms with Gasteiger partial charge in [0.1, 0.15) is 17.2 Å². The number of nitrogens with one attached hydrogen (secondary N) is 1. The standard InChI is InChI=1S/C17H13BrF2N2O2/c1-17(13-8-12(19)6-7-14(13)20)15(23)22(16(24)21-17)9-10-2-4-11(18)5-3-10/h2-8H,9H2,1H3,(H,21,24)/t17-/m0/s1. The van der Waals surface area contributed by atoms with Gasteiger partial charge >= 0.3 is 6.03 Å². The highest BCUT2D eigenvalue weighted by Crippen LogP contribution is 2.32. The molecule has 2 aromatic carbocycles. The smallest absolute Gasteiger partial charge is 0.319 e. The number of urea groups is 1. The first kappa shape index (κ1) is 16.6. The largest absolute Gasteiger partial charge is 0.325 e. The maximum atomic E-state index is 14.1. The number of nitrogens with zero attached hydrogens (tertiary/aromatic N) is 1. The van der Waals surface area contributed by atoms with Crippen molar-refractivity contribution >= 4 is 27.9 Å². The molecule has 1 N–H and O–H groups in total. The van der Waals surface area contributed by atoms with Gasteiger partial charge in [-0.1, -0.05) is 28.1 Å². The fourth-order valence-electron chi connectivity index (χ4n) is 2.68. The maximum Gasteiger partial charge on any atom is 0.325 e. The van der Waals surface area contributed by atoms with Crippen LogP contribution < -0.4 is 5.32 Å². The van der Waals surface area contributed by atoms with E-state index in [4.69, 9.17) is 0 Å². The summed E-state index contributed by atoms with van der Waals surface area (Å²) in [4.78, 5) is 25.9. The second-order valence-corrected chi connectivity index (χ2v) is 6.61. The molecule has 3 rings (SSSR count). The lowest BCUT2D eigenvalue weighted by molar-refractivity contribution is -0.131. The van der Waals surface area contributed by atoms with Crippen molar-refractivity contribution in [2.24, 2.45) is 0 Å². The summed E-state index contributed by atoms with van der Waals surface area (Å²) in [5.41, 5.74) is -1.09. The van der Waals surface area contributed by atoms with Crippen LogP contribution in [0.15, 0.2) is 46.9 Å². The summed E-state index contributed by atoms with van der Waals surface area (Å²) in [6, 6.07) is 9.30. The third kappa shape index (κ3) is 2.80. The molecule has 4 nitrogen and oxygen atoms in total.